The Bertz CT molecular complexity index is 929. The van der Waals surface area contributed by atoms with Crippen LogP contribution in [0.4, 0.5) is 0 Å². The number of carbonyl (C=O) groups is 1. The van der Waals surface area contributed by atoms with Crippen molar-refractivity contribution in [3.63, 3.8) is 0 Å². The van der Waals surface area contributed by atoms with Crippen LogP contribution in [0.3, 0.4) is 0 Å². The lowest BCUT2D eigenvalue weighted by Gasteiger charge is -2.13. The molecular formula is C23H26N2O. The van der Waals surface area contributed by atoms with Gasteiger partial charge in [-0.3, -0.25) is 4.79 Å². The van der Waals surface area contributed by atoms with E-state index in [1.54, 1.807) is 6.92 Å². The van der Waals surface area contributed by atoms with E-state index in [4.69, 9.17) is 0 Å². The molecule has 0 amide bonds. The predicted octanol–water partition coefficient (Wildman–Crippen LogP) is 4.30. The third kappa shape index (κ3) is 3.19. The summed E-state index contributed by atoms with van der Waals surface area (Å²) in [5.41, 5.74) is 6.24. The number of Topliss-reactive ketones (excluding diaryl/α,β-unsaturated/α-hetero) is 1. The molecule has 0 unspecified atom stereocenters. The van der Waals surface area contributed by atoms with Crippen molar-refractivity contribution in [2.24, 2.45) is 0 Å². The van der Waals surface area contributed by atoms with Gasteiger partial charge in [-0.1, -0.05) is 42.5 Å². The molecule has 0 radical (unpaired) electrons. The molecule has 1 heterocycles. The van der Waals surface area contributed by atoms with Crippen molar-refractivity contribution in [2.75, 3.05) is 6.54 Å². The van der Waals surface area contributed by atoms with Crippen LogP contribution in [0.1, 0.15) is 40.4 Å². The van der Waals surface area contributed by atoms with Crippen LogP contribution in [0.25, 0.3) is 10.9 Å². The second kappa shape index (κ2) is 7.08. The highest BCUT2D eigenvalue weighted by atomic mass is 16.1. The van der Waals surface area contributed by atoms with Crippen molar-refractivity contribution >= 4 is 16.7 Å². The second-order valence-corrected chi connectivity index (χ2v) is 7.44. The molecule has 26 heavy (non-hydrogen) atoms. The molecular weight excluding hydrogens is 320 g/mol. The molecule has 1 aliphatic rings. The molecule has 2 aromatic carbocycles. The van der Waals surface area contributed by atoms with Crippen molar-refractivity contribution in [1.29, 1.82) is 0 Å². The number of aromatic nitrogens is 1. The topological polar surface area (TPSA) is 34.0 Å². The van der Waals surface area contributed by atoms with Gasteiger partial charge in [0.15, 0.2) is 5.78 Å². The Morgan fingerprint density at radius 3 is 2.54 bits per heavy atom. The minimum atomic E-state index is 0.140. The number of nitrogens with zero attached hydrogens (tertiary/aromatic N) is 1. The largest absolute Gasteiger partial charge is 0.346 e. The first-order valence-corrected chi connectivity index (χ1v) is 9.53. The highest BCUT2D eigenvalue weighted by Crippen LogP contribution is 2.25. The third-order valence-electron chi connectivity index (χ3n) is 5.54. The van der Waals surface area contributed by atoms with Gasteiger partial charge in [-0.2, -0.15) is 0 Å². The molecule has 0 fully saturated rings. The monoisotopic (exact) mass is 346 g/mol. The lowest BCUT2D eigenvalue weighted by molar-refractivity contribution is 0.101. The number of hydrogen-bond donors (Lipinski definition) is 1. The fourth-order valence-corrected chi connectivity index (χ4v) is 4.26. The number of hydrogen-bond acceptors (Lipinski definition) is 2. The Balaban J connectivity index is 1.39. The van der Waals surface area contributed by atoms with Gasteiger partial charge in [0.1, 0.15) is 0 Å². The lowest BCUT2D eigenvalue weighted by Crippen LogP contribution is -2.30. The maximum Gasteiger partial charge on any atom is 0.161 e. The van der Waals surface area contributed by atoms with Crippen LogP contribution >= 0.6 is 0 Å². The fourth-order valence-electron chi connectivity index (χ4n) is 4.26. The van der Waals surface area contributed by atoms with Crippen molar-refractivity contribution in [2.45, 2.75) is 45.7 Å². The Morgan fingerprint density at radius 2 is 1.85 bits per heavy atom. The number of rotatable bonds is 6. The molecule has 3 aromatic rings. The normalized spacial score (nSPS) is 14.1. The third-order valence-corrected chi connectivity index (χ3v) is 5.54. The first kappa shape index (κ1) is 17.0. The molecule has 3 nitrogen and oxygen atoms in total. The quantitative estimate of drug-likeness (QED) is 0.533. The molecule has 0 atom stereocenters. The van der Waals surface area contributed by atoms with Gasteiger partial charge < -0.3 is 9.88 Å². The fraction of sp³-hybridized carbons (Fsp3) is 0.348. The number of fused-ring (bicyclic) bond motifs is 2. The second-order valence-electron chi connectivity index (χ2n) is 7.44. The molecule has 134 valence electrons. The highest BCUT2D eigenvalue weighted by molar-refractivity contribution is 6.07. The van der Waals surface area contributed by atoms with E-state index in [2.05, 4.69) is 53.2 Å². The van der Waals surface area contributed by atoms with Gasteiger partial charge in [-0.25, -0.2) is 0 Å². The van der Waals surface area contributed by atoms with Crippen molar-refractivity contribution in [3.05, 3.63) is 70.9 Å². The first-order valence-electron chi connectivity index (χ1n) is 9.53. The molecule has 0 saturated carbocycles. The van der Waals surface area contributed by atoms with Crippen LogP contribution < -0.4 is 5.32 Å². The molecule has 0 aliphatic heterocycles. The Kier molecular flexibility index (Phi) is 4.64. The van der Waals surface area contributed by atoms with Gasteiger partial charge in [-0.05, 0) is 56.3 Å². The Labute approximate surface area is 155 Å². The van der Waals surface area contributed by atoms with Gasteiger partial charge >= 0.3 is 0 Å². The highest BCUT2D eigenvalue weighted by Gasteiger charge is 2.20. The van der Waals surface area contributed by atoms with Crippen LogP contribution in [0.2, 0.25) is 0 Å². The summed E-state index contributed by atoms with van der Waals surface area (Å²) in [7, 11) is 0. The number of nitrogens with one attached hydrogen (secondary N) is 1. The Hall–Kier alpha value is -2.39. The van der Waals surface area contributed by atoms with E-state index in [1.807, 2.05) is 12.3 Å². The predicted molar refractivity (Wildman–Crippen MR) is 107 cm³/mol. The zero-order valence-electron chi connectivity index (χ0n) is 15.6. The molecule has 1 aliphatic carbocycles. The van der Waals surface area contributed by atoms with E-state index in [0.717, 1.165) is 43.3 Å². The van der Waals surface area contributed by atoms with Crippen LogP contribution in [-0.2, 0) is 19.4 Å². The van der Waals surface area contributed by atoms with Crippen molar-refractivity contribution < 1.29 is 4.79 Å². The minimum absolute atomic E-state index is 0.140. The molecule has 1 aromatic heterocycles. The molecule has 1 N–H and O–H groups in total. The number of carbonyl (C=O) groups excluding carboxylic acids is 1. The maximum absolute atomic E-state index is 12.0. The van der Waals surface area contributed by atoms with Crippen LogP contribution in [0, 0.1) is 6.92 Å². The first-order chi connectivity index (χ1) is 12.6. The lowest BCUT2D eigenvalue weighted by atomic mass is 10.1. The smallest absolute Gasteiger partial charge is 0.161 e. The van der Waals surface area contributed by atoms with Crippen LogP contribution in [0.15, 0.2) is 48.7 Å². The summed E-state index contributed by atoms with van der Waals surface area (Å²) in [4.78, 5) is 12.0. The standard InChI is InChI=1S/C23H26N2O/c1-16-7-5-10-21-22(17(2)26)15-25(23(16)21)12-6-11-24-20-13-18-8-3-4-9-19(18)14-20/h3-5,7-10,15,20,24H,6,11-14H2,1-2H3. The van der Waals surface area contributed by atoms with Gasteiger partial charge in [0.05, 0.1) is 5.52 Å². The SMILES string of the molecule is CC(=O)c1cn(CCCNC2Cc3ccccc3C2)c2c(C)cccc12. The number of para-hydroxylation sites is 1. The van der Waals surface area contributed by atoms with E-state index in [1.165, 1.54) is 22.2 Å². The Morgan fingerprint density at radius 1 is 1.12 bits per heavy atom. The average molecular weight is 346 g/mol. The summed E-state index contributed by atoms with van der Waals surface area (Å²) < 4.78 is 2.26. The van der Waals surface area contributed by atoms with Gasteiger partial charge in [0, 0.05) is 29.7 Å². The average Bonchev–Trinajstić information content (AvgIpc) is 3.20. The van der Waals surface area contributed by atoms with E-state index < -0.39 is 0 Å². The van der Waals surface area contributed by atoms with Crippen molar-refractivity contribution in [3.8, 4) is 0 Å². The summed E-state index contributed by atoms with van der Waals surface area (Å²) >= 11 is 0. The minimum Gasteiger partial charge on any atom is -0.346 e. The van der Waals surface area contributed by atoms with Crippen LogP contribution in [0.5, 0.6) is 0 Å². The molecule has 0 bridgehead atoms. The summed E-state index contributed by atoms with van der Waals surface area (Å²) in [6.07, 6.45) is 5.36. The maximum atomic E-state index is 12.0. The summed E-state index contributed by atoms with van der Waals surface area (Å²) in [6, 6.07) is 15.5. The van der Waals surface area contributed by atoms with Gasteiger partial charge in [0.2, 0.25) is 0 Å². The summed E-state index contributed by atoms with van der Waals surface area (Å²) in [6.45, 7) is 5.71. The van der Waals surface area contributed by atoms with Crippen LogP contribution in [-0.4, -0.2) is 22.9 Å². The molecule has 3 heteroatoms. The van der Waals surface area contributed by atoms with Crippen molar-refractivity contribution in [1.82, 2.24) is 9.88 Å². The molecule has 4 rings (SSSR count). The number of benzene rings is 2. The van der Waals surface area contributed by atoms with Gasteiger partial charge in [0.25, 0.3) is 0 Å². The van der Waals surface area contributed by atoms with Gasteiger partial charge in [-0.15, -0.1) is 0 Å². The van der Waals surface area contributed by atoms with E-state index >= 15 is 0 Å². The summed E-state index contributed by atoms with van der Waals surface area (Å²) in [5, 5.41) is 4.79. The molecule has 0 saturated heterocycles. The molecule has 0 spiro atoms. The number of ketones is 1. The number of aryl methyl sites for hydroxylation is 2. The zero-order chi connectivity index (χ0) is 18.1. The van der Waals surface area contributed by atoms with E-state index in [9.17, 15) is 4.79 Å². The zero-order valence-corrected chi connectivity index (χ0v) is 15.6. The van der Waals surface area contributed by atoms with E-state index in [-0.39, 0.29) is 5.78 Å². The van der Waals surface area contributed by atoms with E-state index in [0.29, 0.717) is 6.04 Å². The summed E-state index contributed by atoms with van der Waals surface area (Å²) in [5.74, 6) is 0.140.